The maximum atomic E-state index is 7.02. The van der Waals surface area contributed by atoms with Crippen LogP contribution in [0.3, 0.4) is 0 Å². The van der Waals surface area contributed by atoms with E-state index in [1.54, 1.807) is 0 Å². The van der Waals surface area contributed by atoms with Crippen molar-refractivity contribution in [1.82, 2.24) is 0 Å². The second kappa shape index (κ2) is 10.2. The molecule has 0 N–H and O–H groups in total. The molecule has 0 saturated heterocycles. The average Bonchev–Trinajstić information content (AvgIpc) is 3.50. The summed E-state index contributed by atoms with van der Waals surface area (Å²) < 4.78 is 13.8. The Bertz CT molecular complexity index is 2420. The van der Waals surface area contributed by atoms with Gasteiger partial charge in [-0.3, -0.25) is 0 Å². The third kappa shape index (κ3) is 3.90. The Balaban J connectivity index is 1.26. The van der Waals surface area contributed by atoms with E-state index in [0.717, 1.165) is 73.0 Å². The topological polar surface area (TPSA) is 28.9 Å². The molecule has 0 spiro atoms. The molecule has 220 valence electrons. The Morgan fingerprint density at radius 3 is 1.89 bits per heavy atom. The van der Waals surface area contributed by atoms with Crippen molar-refractivity contribution in [2.75, 3.05) is 9.80 Å². The fraction of sp³-hybridized carbons (Fsp3) is 0. The molecule has 0 atom stereocenters. The molecule has 0 aliphatic carbocycles. The number of benzene rings is 7. The zero-order chi connectivity index (χ0) is 30.9. The minimum Gasteiger partial charge on any atom is -0.458 e. The van der Waals surface area contributed by atoms with E-state index in [1.807, 2.05) is 18.2 Å². The van der Waals surface area contributed by atoms with Crippen molar-refractivity contribution in [3.05, 3.63) is 164 Å². The standard InChI is InChI=1S/C42H27BN2O2/c1-4-14-28(15-5-1)44(29-16-6-2-7-17-29)31-24-25-32-33-27-39-40-41(42(33)47-38(32)26-31)45(30-18-8-3-9-19-30)36-22-12-10-20-34(36)43(40)35-21-11-13-23-37(35)46-39/h1-27H. The van der Waals surface area contributed by atoms with Crippen LogP contribution in [-0.4, -0.2) is 6.71 Å². The summed E-state index contributed by atoms with van der Waals surface area (Å²) in [5, 5.41) is 2.08. The molecule has 1 aromatic heterocycles. The van der Waals surface area contributed by atoms with Crippen molar-refractivity contribution in [3.63, 3.8) is 0 Å². The number of fused-ring (bicyclic) bond motifs is 8. The van der Waals surface area contributed by atoms with Crippen LogP contribution >= 0.6 is 0 Å². The summed E-state index contributed by atoms with van der Waals surface area (Å²) in [4.78, 5) is 4.62. The van der Waals surface area contributed by atoms with Gasteiger partial charge in [-0.2, -0.15) is 0 Å². The molecule has 0 fully saturated rings. The second-order valence-corrected chi connectivity index (χ2v) is 12.1. The fourth-order valence-corrected chi connectivity index (χ4v) is 7.51. The van der Waals surface area contributed by atoms with Gasteiger partial charge < -0.3 is 19.0 Å². The van der Waals surface area contributed by atoms with Gasteiger partial charge in [-0.05, 0) is 77.7 Å². The van der Waals surface area contributed by atoms with Gasteiger partial charge in [0.25, 0.3) is 6.71 Å². The molecule has 2 aliphatic rings. The van der Waals surface area contributed by atoms with E-state index >= 15 is 0 Å². The van der Waals surface area contributed by atoms with E-state index in [2.05, 4.69) is 155 Å². The van der Waals surface area contributed by atoms with Gasteiger partial charge in [0.1, 0.15) is 17.1 Å². The first-order valence-electron chi connectivity index (χ1n) is 16.0. The lowest BCUT2D eigenvalue weighted by Gasteiger charge is -2.39. The summed E-state index contributed by atoms with van der Waals surface area (Å²) in [5.74, 6) is 1.77. The van der Waals surface area contributed by atoms with E-state index in [9.17, 15) is 0 Å². The van der Waals surface area contributed by atoms with Crippen LogP contribution in [0, 0.1) is 0 Å². The summed E-state index contributed by atoms with van der Waals surface area (Å²) in [5.41, 5.74) is 11.7. The van der Waals surface area contributed by atoms with Crippen molar-refractivity contribution >= 4 is 79.2 Å². The number of para-hydroxylation sites is 5. The van der Waals surface area contributed by atoms with Crippen molar-refractivity contribution in [2.45, 2.75) is 0 Å². The Labute approximate surface area is 272 Å². The summed E-state index contributed by atoms with van der Waals surface area (Å²) in [7, 11) is 0. The molecule has 0 bridgehead atoms. The monoisotopic (exact) mass is 602 g/mol. The maximum absolute atomic E-state index is 7.02. The number of rotatable bonds is 4. The predicted molar refractivity (Wildman–Crippen MR) is 194 cm³/mol. The summed E-state index contributed by atoms with van der Waals surface area (Å²) in [6.45, 7) is 0.0148. The Hall–Kier alpha value is -6.20. The zero-order valence-corrected chi connectivity index (χ0v) is 25.4. The van der Waals surface area contributed by atoms with Crippen LogP contribution in [0.1, 0.15) is 0 Å². The van der Waals surface area contributed by atoms with Crippen LogP contribution < -0.4 is 30.9 Å². The van der Waals surface area contributed by atoms with E-state index < -0.39 is 0 Å². The van der Waals surface area contributed by atoms with Crippen LogP contribution in [0.15, 0.2) is 168 Å². The molecule has 0 saturated carbocycles. The van der Waals surface area contributed by atoms with Gasteiger partial charge in [0.2, 0.25) is 0 Å². The highest BCUT2D eigenvalue weighted by Crippen LogP contribution is 2.47. The van der Waals surface area contributed by atoms with Crippen LogP contribution in [0.25, 0.3) is 21.9 Å². The first kappa shape index (κ1) is 26.1. The zero-order valence-electron chi connectivity index (χ0n) is 25.4. The van der Waals surface area contributed by atoms with Crippen molar-refractivity contribution in [1.29, 1.82) is 0 Å². The van der Waals surface area contributed by atoms with E-state index in [1.165, 1.54) is 10.9 Å². The van der Waals surface area contributed by atoms with Gasteiger partial charge in [0, 0.05) is 50.7 Å². The van der Waals surface area contributed by atoms with Crippen LogP contribution in [0.4, 0.5) is 34.1 Å². The minimum atomic E-state index is 0.0148. The van der Waals surface area contributed by atoms with Crippen molar-refractivity contribution < 1.29 is 9.15 Å². The second-order valence-electron chi connectivity index (χ2n) is 12.1. The molecule has 0 amide bonds. The minimum absolute atomic E-state index is 0.0148. The molecule has 0 radical (unpaired) electrons. The molecule has 5 heteroatoms. The highest BCUT2D eigenvalue weighted by atomic mass is 16.5. The average molecular weight is 603 g/mol. The Morgan fingerprint density at radius 2 is 1.15 bits per heavy atom. The largest absolute Gasteiger partial charge is 0.458 e. The van der Waals surface area contributed by atoms with Gasteiger partial charge in [-0.1, -0.05) is 91.0 Å². The molecule has 0 unspecified atom stereocenters. The maximum Gasteiger partial charge on any atom is 0.256 e. The number of hydrogen-bond donors (Lipinski definition) is 0. The normalized spacial score (nSPS) is 12.8. The number of anilines is 6. The van der Waals surface area contributed by atoms with Crippen LogP contribution in [0.5, 0.6) is 11.5 Å². The molecule has 8 aromatic rings. The molecule has 7 aromatic carbocycles. The molecule has 47 heavy (non-hydrogen) atoms. The smallest absolute Gasteiger partial charge is 0.256 e. The molecule has 3 heterocycles. The van der Waals surface area contributed by atoms with E-state index in [-0.39, 0.29) is 6.71 Å². The van der Waals surface area contributed by atoms with E-state index in [4.69, 9.17) is 9.15 Å². The summed E-state index contributed by atoms with van der Waals surface area (Å²) in [6, 6.07) is 57.4. The van der Waals surface area contributed by atoms with Gasteiger partial charge in [-0.25, -0.2) is 0 Å². The number of furan rings is 1. The van der Waals surface area contributed by atoms with Gasteiger partial charge in [-0.15, -0.1) is 0 Å². The van der Waals surface area contributed by atoms with Crippen LogP contribution in [-0.2, 0) is 0 Å². The third-order valence-electron chi connectivity index (χ3n) is 9.48. The molecular weight excluding hydrogens is 575 g/mol. The number of hydrogen-bond acceptors (Lipinski definition) is 4. The molecule has 2 aliphatic heterocycles. The highest BCUT2D eigenvalue weighted by molar-refractivity contribution is 6.99. The predicted octanol–water partition coefficient (Wildman–Crippen LogP) is 9.46. The first-order valence-corrected chi connectivity index (χ1v) is 16.0. The Morgan fingerprint density at radius 1 is 0.511 bits per heavy atom. The summed E-state index contributed by atoms with van der Waals surface area (Å²) in [6.07, 6.45) is 0. The number of nitrogens with zero attached hydrogens (tertiary/aromatic N) is 2. The molecule has 4 nitrogen and oxygen atoms in total. The quantitative estimate of drug-likeness (QED) is 0.188. The SMILES string of the molecule is c1ccc(N(c2ccccc2)c2ccc3c(c2)oc2c4c5c(cc23)Oc2ccccc2B5c2ccccc2N4c2ccccc2)cc1. The molecule has 10 rings (SSSR count). The lowest BCUT2D eigenvalue weighted by molar-refractivity contribution is 0.488. The van der Waals surface area contributed by atoms with Crippen LogP contribution in [0.2, 0.25) is 0 Å². The lowest BCUT2D eigenvalue weighted by Crippen LogP contribution is -2.59. The molecular formula is C42H27BN2O2. The van der Waals surface area contributed by atoms with Crippen molar-refractivity contribution in [2.24, 2.45) is 0 Å². The first-order chi connectivity index (χ1) is 23.3. The summed E-state index contributed by atoms with van der Waals surface area (Å²) >= 11 is 0. The van der Waals surface area contributed by atoms with Gasteiger partial charge in [0.05, 0.1) is 5.69 Å². The highest BCUT2D eigenvalue weighted by Gasteiger charge is 2.43. The van der Waals surface area contributed by atoms with Crippen molar-refractivity contribution in [3.8, 4) is 11.5 Å². The van der Waals surface area contributed by atoms with E-state index in [0.29, 0.717) is 0 Å². The van der Waals surface area contributed by atoms with Gasteiger partial charge >= 0.3 is 0 Å². The fourth-order valence-electron chi connectivity index (χ4n) is 7.51. The third-order valence-corrected chi connectivity index (χ3v) is 9.48. The lowest BCUT2D eigenvalue weighted by atomic mass is 9.34. The van der Waals surface area contributed by atoms with Gasteiger partial charge in [0.15, 0.2) is 5.58 Å². The number of ether oxygens (including phenoxy) is 1. The Kier molecular flexibility index (Phi) is 5.63.